The van der Waals surface area contributed by atoms with Crippen LogP contribution in [0.15, 0.2) is 10.7 Å². The van der Waals surface area contributed by atoms with Crippen molar-refractivity contribution in [2.24, 2.45) is 7.05 Å². The molecule has 6 heteroatoms. The lowest BCUT2D eigenvalue weighted by atomic mass is 10.2. The summed E-state index contributed by atoms with van der Waals surface area (Å²) in [4.78, 5) is 11.8. The second kappa shape index (κ2) is 6.78. The second-order valence-corrected chi connectivity index (χ2v) is 4.10. The third-order valence-electron chi connectivity index (χ3n) is 2.06. The van der Waals surface area contributed by atoms with E-state index in [1.54, 1.807) is 25.0 Å². The van der Waals surface area contributed by atoms with E-state index in [0.29, 0.717) is 31.9 Å². The number of carbonyl (C=O) groups excluding carboxylic acids is 1. The van der Waals surface area contributed by atoms with E-state index in [2.05, 4.69) is 21.0 Å². The van der Waals surface area contributed by atoms with Crippen molar-refractivity contribution in [2.75, 3.05) is 26.9 Å². The van der Waals surface area contributed by atoms with Gasteiger partial charge in [-0.1, -0.05) is 0 Å². The lowest BCUT2D eigenvalue weighted by molar-refractivity contribution is 0.0638. The van der Waals surface area contributed by atoms with E-state index in [9.17, 15) is 4.79 Å². The zero-order valence-corrected chi connectivity index (χ0v) is 11.0. The molecule has 0 aliphatic carbocycles. The van der Waals surface area contributed by atoms with Crippen molar-refractivity contribution in [2.45, 2.75) is 6.42 Å². The van der Waals surface area contributed by atoms with E-state index in [-0.39, 0.29) is 5.78 Å². The summed E-state index contributed by atoms with van der Waals surface area (Å²) < 4.78 is 12.3. The van der Waals surface area contributed by atoms with Crippen LogP contribution in [-0.4, -0.2) is 42.5 Å². The summed E-state index contributed by atoms with van der Waals surface area (Å²) >= 11 is 3.29. The van der Waals surface area contributed by atoms with Gasteiger partial charge in [0.05, 0.1) is 30.5 Å². The highest BCUT2D eigenvalue weighted by Crippen LogP contribution is 2.16. The van der Waals surface area contributed by atoms with E-state index in [1.807, 2.05) is 0 Å². The smallest absolute Gasteiger partial charge is 0.184 e. The topological polar surface area (TPSA) is 53.4 Å². The van der Waals surface area contributed by atoms with E-state index >= 15 is 0 Å². The maximum absolute atomic E-state index is 11.8. The summed E-state index contributed by atoms with van der Waals surface area (Å²) in [6.45, 7) is 1.46. The van der Waals surface area contributed by atoms with Crippen molar-refractivity contribution >= 4 is 21.7 Å². The number of rotatable bonds is 7. The Morgan fingerprint density at radius 2 is 2.25 bits per heavy atom. The number of nitrogens with zero attached hydrogens (tertiary/aromatic N) is 2. The quantitative estimate of drug-likeness (QED) is 0.563. The molecular formula is C10H15BrN2O3. The predicted molar refractivity (Wildman–Crippen MR) is 62.6 cm³/mol. The van der Waals surface area contributed by atoms with Crippen molar-refractivity contribution in [3.05, 3.63) is 16.4 Å². The van der Waals surface area contributed by atoms with E-state index < -0.39 is 0 Å². The Balaban J connectivity index is 2.36. The number of hydrogen-bond donors (Lipinski definition) is 0. The molecule has 0 amide bonds. The van der Waals surface area contributed by atoms with Gasteiger partial charge in [-0.3, -0.25) is 9.48 Å². The Hall–Kier alpha value is -0.720. The molecule has 0 saturated heterocycles. The third-order valence-corrected chi connectivity index (χ3v) is 2.64. The van der Waals surface area contributed by atoms with E-state index in [0.717, 1.165) is 4.47 Å². The highest BCUT2D eigenvalue weighted by atomic mass is 79.9. The molecule has 1 rings (SSSR count). The van der Waals surface area contributed by atoms with Crippen LogP contribution in [0, 0.1) is 0 Å². The summed E-state index contributed by atoms with van der Waals surface area (Å²) in [6, 6.07) is 0. The van der Waals surface area contributed by atoms with Crippen LogP contribution in [-0.2, 0) is 16.5 Å². The zero-order valence-electron chi connectivity index (χ0n) is 9.40. The maximum atomic E-state index is 11.8. The minimum Gasteiger partial charge on any atom is -0.382 e. The van der Waals surface area contributed by atoms with Crippen LogP contribution in [0.5, 0.6) is 0 Å². The summed E-state index contributed by atoms with van der Waals surface area (Å²) in [5.74, 6) is 0.0179. The molecule has 5 nitrogen and oxygen atoms in total. The largest absolute Gasteiger partial charge is 0.382 e. The zero-order chi connectivity index (χ0) is 12.0. The fourth-order valence-electron chi connectivity index (χ4n) is 1.25. The van der Waals surface area contributed by atoms with Crippen molar-refractivity contribution in [3.8, 4) is 0 Å². The van der Waals surface area contributed by atoms with Gasteiger partial charge < -0.3 is 9.47 Å². The van der Waals surface area contributed by atoms with Gasteiger partial charge in [-0.2, -0.15) is 5.10 Å². The molecular weight excluding hydrogens is 276 g/mol. The van der Waals surface area contributed by atoms with Crippen LogP contribution in [0.25, 0.3) is 0 Å². The monoisotopic (exact) mass is 290 g/mol. The van der Waals surface area contributed by atoms with Crippen molar-refractivity contribution in [1.82, 2.24) is 9.78 Å². The first kappa shape index (κ1) is 13.3. The normalized spacial score (nSPS) is 10.7. The SMILES string of the molecule is COCCOCCC(=O)c1c(Br)cnn1C. The molecule has 0 N–H and O–H groups in total. The molecule has 0 fully saturated rings. The third kappa shape index (κ3) is 3.70. The lowest BCUT2D eigenvalue weighted by Crippen LogP contribution is -2.11. The van der Waals surface area contributed by atoms with Crippen LogP contribution in [0.1, 0.15) is 16.9 Å². The van der Waals surface area contributed by atoms with Crippen molar-refractivity contribution in [1.29, 1.82) is 0 Å². The number of carbonyl (C=O) groups is 1. The lowest BCUT2D eigenvalue weighted by Gasteiger charge is -2.04. The van der Waals surface area contributed by atoms with Gasteiger partial charge >= 0.3 is 0 Å². The van der Waals surface area contributed by atoms with Gasteiger partial charge in [-0.15, -0.1) is 0 Å². The van der Waals surface area contributed by atoms with Gasteiger partial charge in [0.15, 0.2) is 5.78 Å². The maximum Gasteiger partial charge on any atom is 0.184 e. The van der Waals surface area contributed by atoms with Gasteiger partial charge in [-0.05, 0) is 15.9 Å². The number of Topliss-reactive ketones (excluding diaryl/α,β-unsaturated/α-hetero) is 1. The Morgan fingerprint density at radius 1 is 1.50 bits per heavy atom. The van der Waals surface area contributed by atoms with E-state index in [1.165, 1.54) is 0 Å². The molecule has 1 aromatic rings. The van der Waals surface area contributed by atoms with Gasteiger partial charge in [0, 0.05) is 20.6 Å². The number of halogens is 1. The first-order valence-corrected chi connectivity index (χ1v) is 5.73. The number of aromatic nitrogens is 2. The number of ketones is 1. The second-order valence-electron chi connectivity index (χ2n) is 3.24. The van der Waals surface area contributed by atoms with Crippen LogP contribution in [0.2, 0.25) is 0 Å². The number of aryl methyl sites for hydroxylation is 1. The van der Waals surface area contributed by atoms with Crippen LogP contribution >= 0.6 is 15.9 Å². The molecule has 1 heterocycles. The number of ether oxygens (including phenoxy) is 2. The highest BCUT2D eigenvalue weighted by molar-refractivity contribution is 9.10. The average Bonchev–Trinajstić information content (AvgIpc) is 2.58. The minimum atomic E-state index is 0.0179. The van der Waals surface area contributed by atoms with E-state index in [4.69, 9.17) is 9.47 Å². The molecule has 0 saturated carbocycles. The highest BCUT2D eigenvalue weighted by Gasteiger charge is 2.14. The molecule has 1 aromatic heterocycles. The fraction of sp³-hybridized carbons (Fsp3) is 0.600. The number of hydrogen-bond acceptors (Lipinski definition) is 4. The van der Waals surface area contributed by atoms with Crippen molar-refractivity contribution < 1.29 is 14.3 Å². The Bertz CT molecular complexity index is 332. The van der Waals surface area contributed by atoms with Crippen molar-refractivity contribution in [3.63, 3.8) is 0 Å². The molecule has 0 bridgehead atoms. The van der Waals surface area contributed by atoms with Gasteiger partial charge in [0.2, 0.25) is 0 Å². The van der Waals surface area contributed by atoms with Crippen LogP contribution < -0.4 is 0 Å². The molecule has 0 atom stereocenters. The molecule has 16 heavy (non-hydrogen) atoms. The molecule has 0 aliphatic rings. The summed E-state index contributed by atoms with van der Waals surface area (Å²) in [6.07, 6.45) is 1.96. The first-order valence-electron chi connectivity index (χ1n) is 4.94. The number of methoxy groups -OCH3 is 1. The van der Waals surface area contributed by atoms with Crippen LogP contribution in [0.3, 0.4) is 0 Å². The Kier molecular flexibility index (Phi) is 5.65. The molecule has 0 spiro atoms. The summed E-state index contributed by atoms with van der Waals surface area (Å²) in [5, 5.41) is 3.98. The van der Waals surface area contributed by atoms with Crippen LogP contribution in [0.4, 0.5) is 0 Å². The first-order chi connectivity index (χ1) is 7.66. The molecule has 0 aliphatic heterocycles. The predicted octanol–water partition coefficient (Wildman–Crippen LogP) is 1.42. The van der Waals surface area contributed by atoms with Gasteiger partial charge in [-0.25, -0.2) is 0 Å². The Labute approximate surface area is 103 Å². The molecule has 90 valence electrons. The minimum absolute atomic E-state index is 0.0179. The molecule has 0 unspecified atom stereocenters. The summed E-state index contributed by atoms with van der Waals surface area (Å²) in [7, 11) is 3.35. The fourth-order valence-corrected chi connectivity index (χ4v) is 1.82. The standard InChI is InChI=1S/C10H15BrN2O3/c1-13-10(8(11)7-12-13)9(14)3-4-16-6-5-15-2/h7H,3-6H2,1-2H3. The average molecular weight is 291 g/mol. The Morgan fingerprint density at radius 3 is 2.81 bits per heavy atom. The molecule has 0 radical (unpaired) electrons. The van der Waals surface area contributed by atoms with Gasteiger partial charge in [0.1, 0.15) is 5.69 Å². The molecule has 0 aromatic carbocycles. The summed E-state index contributed by atoms with van der Waals surface area (Å²) in [5.41, 5.74) is 0.579. The van der Waals surface area contributed by atoms with Gasteiger partial charge in [0.25, 0.3) is 0 Å².